The lowest BCUT2D eigenvalue weighted by atomic mass is 9.78. The molecular formula is C95H177N3O12. The van der Waals surface area contributed by atoms with Crippen LogP contribution in [0.1, 0.15) is 465 Å². The number of carbonyl (C=O) groups is 6. The van der Waals surface area contributed by atoms with E-state index in [2.05, 4.69) is 56.8 Å². The third-order valence-electron chi connectivity index (χ3n) is 23.3. The van der Waals surface area contributed by atoms with E-state index in [0.717, 1.165) is 101 Å². The summed E-state index contributed by atoms with van der Waals surface area (Å²) >= 11 is 0. The van der Waals surface area contributed by atoms with Crippen molar-refractivity contribution in [1.29, 1.82) is 0 Å². The van der Waals surface area contributed by atoms with Crippen molar-refractivity contribution in [3.63, 3.8) is 0 Å². The zero-order chi connectivity index (χ0) is 80.1. The predicted octanol–water partition coefficient (Wildman–Crippen LogP) is 28.0. The van der Waals surface area contributed by atoms with Gasteiger partial charge in [-0.3, -0.25) is 4.79 Å². The number of ether oxygens (including phenoxy) is 6. The summed E-state index contributed by atoms with van der Waals surface area (Å²) in [5, 5.41) is 8.88. The Morgan fingerprint density at radius 1 is 0.291 bits per heavy atom. The Kier molecular flexibility index (Phi) is 74.1. The molecule has 0 aromatic rings. The second kappa shape index (κ2) is 78.6. The van der Waals surface area contributed by atoms with Gasteiger partial charge in [-0.15, -0.1) is 0 Å². The van der Waals surface area contributed by atoms with Gasteiger partial charge in [-0.2, -0.15) is 0 Å². The van der Waals surface area contributed by atoms with Crippen molar-refractivity contribution in [2.75, 3.05) is 46.2 Å². The molecule has 3 N–H and O–H groups in total. The van der Waals surface area contributed by atoms with Crippen LogP contribution in [0, 0.1) is 23.7 Å². The molecule has 6 atom stereocenters. The van der Waals surface area contributed by atoms with Gasteiger partial charge in [-0.25, -0.2) is 24.0 Å². The monoisotopic (exact) mass is 1550 g/mol. The molecule has 0 bridgehead atoms. The zero-order valence-electron chi connectivity index (χ0n) is 72.9. The highest BCUT2D eigenvalue weighted by atomic mass is 16.6. The molecule has 1 saturated carbocycles. The minimum Gasteiger partial charge on any atom is -0.466 e. The highest BCUT2D eigenvalue weighted by Crippen LogP contribution is 2.36. The molecule has 1 aliphatic carbocycles. The zero-order valence-corrected chi connectivity index (χ0v) is 72.9. The number of alkyl carbamates (subject to hydrolysis) is 3. The van der Waals surface area contributed by atoms with Gasteiger partial charge < -0.3 is 44.4 Å². The first kappa shape index (κ1) is 104. The van der Waals surface area contributed by atoms with Gasteiger partial charge in [0.15, 0.2) is 0 Å². The normalized spacial score (nSPS) is 14.6. The standard InChI is InChI=1S/C95H177N3O12/c1-9-13-17-21-25-37-49-63-84(67-53-41-29-33-45-57-75-105-90(99)73-62-79-106-91(100)82(5)6)86(65-51-39-27-23-19-15-11-3)69-55-43-31-35-47-59-77-109-94(103)97-88-71-61-72-89(81-88)98-95(104)110-78-60-48-36-32-44-56-70-87(66-52-40-28-24-20-16-12-4)85(64-50-38-26-22-18-14-10-2)68-54-42-30-34-46-58-76-108-93(102)96-74-80-107-92(101)83(7)8/h84-89H,5,7,9-81H2,1-4,6,8H3,(H,96,102)(H,97,103)(H,98,104). The van der Waals surface area contributed by atoms with Gasteiger partial charge in [-0.05, 0) is 95.3 Å². The molecular weight excluding hydrogens is 1380 g/mol. The van der Waals surface area contributed by atoms with Gasteiger partial charge in [0.25, 0.3) is 0 Å². The summed E-state index contributed by atoms with van der Waals surface area (Å²) in [6.07, 6.45) is 80.1. The smallest absolute Gasteiger partial charge is 0.407 e. The van der Waals surface area contributed by atoms with Crippen LogP contribution in [-0.4, -0.2) is 94.5 Å². The lowest BCUT2D eigenvalue weighted by Crippen LogP contribution is -2.46. The first-order valence-electron chi connectivity index (χ1n) is 47.3. The van der Waals surface area contributed by atoms with Crippen molar-refractivity contribution in [2.24, 2.45) is 23.7 Å². The molecule has 0 spiro atoms. The van der Waals surface area contributed by atoms with E-state index in [1.54, 1.807) is 13.8 Å². The maximum atomic E-state index is 13.0. The van der Waals surface area contributed by atoms with Crippen LogP contribution in [0.15, 0.2) is 24.3 Å². The second-order valence-corrected chi connectivity index (χ2v) is 33.7. The number of hydrogen-bond donors (Lipinski definition) is 3. The molecule has 110 heavy (non-hydrogen) atoms. The first-order chi connectivity index (χ1) is 53.7. The molecule has 15 nitrogen and oxygen atoms in total. The number of amides is 3. The molecule has 3 amide bonds. The Morgan fingerprint density at radius 2 is 0.527 bits per heavy atom. The summed E-state index contributed by atoms with van der Waals surface area (Å²) in [6.45, 7) is 21.9. The number of nitrogens with one attached hydrogen (secondary N) is 3. The van der Waals surface area contributed by atoms with E-state index in [0.29, 0.717) is 50.4 Å². The number of hydrogen-bond acceptors (Lipinski definition) is 12. The highest BCUT2D eigenvalue weighted by molar-refractivity contribution is 5.87. The summed E-state index contributed by atoms with van der Waals surface area (Å²) in [7, 11) is 0. The van der Waals surface area contributed by atoms with Crippen LogP contribution >= 0.6 is 0 Å². The van der Waals surface area contributed by atoms with Crippen molar-refractivity contribution in [3.8, 4) is 0 Å². The van der Waals surface area contributed by atoms with Gasteiger partial charge in [0.05, 0.1) is 39.6 Å². The fourth-order valence-corrected chi connectivity index (χ4v) is 16.4. The summed E-state index contributed by atoms with van der Waals surface area (Å²) in [6, 6.07) is -0.0359. The molecule has 0 aromatic heterocycles. The Morgan fingerprint density at radius 3 is 0.809 bits per heavy atom. The van der Waals surface area contributed by atoms with Crippen molar-refractivity contribution >= 4 is 36.2 Å². The van der Waals surface area contributed by atoms with E-state index < -0.39 is 18.0 Å². The summed E-state index contributed by atoms with van der Waals surface area (Å²) < 4.78 is 32.3. The Labute approximate surface area is 677 Å². The van der Waals surface area contributed by atoms with Crippen LogP contribution in [0.4, 0.5) is 14.4 Å². The van der Waals surface area contributed by atoms with Crippen molar-refractivity contribution in [3.05, 3.63) is 24.3 Å². The van der Waals surface area contributed by atoms with Gasteiger partial charge in [0.1, 0.15) is 6.61 Å². The maximum Gasteiger partial charge on any atom is 0.407 e. The fraction of sp³-hybridized carbons (Fsp3) is 0.895. The molecule has 0 heterocycles. The SMILES string of the molecule is C=C(C)C(=O)OCCCC(=O)OCCCCCCCCC(CCCCCCCCC)C(CCCCCCCCC)CCCCCCCCOC(=O)NC1CCCC(NC(=O)OCCCCCCCCC(CCCCCCCCC)C(CCCCCCCCC)CCCCCCCCOC(=O)NCCOC(=O)C(=C)C)C1. The molecule has 15 heteroatoms. The van der Waals surface area contributed by atoms with Crippen LogP contribution < -0.4 is 16.0 Å². The third kappa shape index (κ3) is 67.1. The highest BCUT2D eigenvalue weighted by Gasteiger charge is 2.27. The topological polar surface area (TPSA) is 194 Å². The minimum absolute atomic E-state index is 0.0178. The minimum atomic E-state index is -0.468. The quantitative estimate of drug-likeness (QED) is 0.0226. The molecule has 0 radical (unpaired) electrons. The average molecular weight is 1550 g/mol. The van der Waals surface area contributed by atoms with Crippen LogP contribution in [-0.2, 0) is 42.8 Å². The van der Waals surface area contributed by atoms with E-state index in [1.807, 2.05) is 0 Å². The number of carbonyl (C=O) groups excluding carboxylic acids is 6. The van der Waals surface area contributed by atoms with E-state index >= 15 is 0 Å². The van der Waals surface area contributed by atoms with Gasteiger partial charge in [-0.1, -0.05) is 400 Å². The molecule has 0 saturated heterocycles. The van der Waals surface area contributed by atoms with Gasteiger partial charge >= 0.3 is 36.2 Å². The van der Waals surface area contributed by atoms with E-state index in [-0.39, 0.29) is 56.4 Å². The molecule has 0 aromatic carbocycles. The Bertz CT molecular complexity index is 2030. The lowest BCUT2D eigenvalue weighted by molar-refractivity contribution is -0.146. The summed E-state index contributed by atoms with van der Waals surface area (Å²) in [4.78, 5) is 73.3. The molecule has 6 unspecified atom stereocenters. The molecule has 1 aliphatic rings. The third-order valence-corrected chi connectivity index (χ3v) is 23.3. The second-order valence-electron chi connectivity index (χ2n) is 33.7. The van der Waals surface area contributed by atoms with Crippen LogP contribution in [0.2, 0.25) is 0 Å². The van der Waals surface area contributed by atoms with Crippen LogP contribution in [0.25, 0.3) is 0 Å². The number of esters is 3. The Hall–Kier alpha value is -4.30. The van der Waals surface area contributed by atoms with Gasteiger partial charge in [0, 0.05) is 29.7 Å². The van der Waals surface area contributed by atoms with E-state index in [4.69, 9.17) is 28.4 Å². The fourth-order valence-electron chi connectivity index (χ4n) is 16.4. The lowest BCUT2D eigenvalue weighted by Gasteiger charge is -2.29. The summed E-state index contributed by atoms with van der Waals surface area (Å²) in [5.41, 5.74) is 0.703. The Balaban J connectivity index is 2.55. The van der Waals surface area contributed by atoms with Gasteiger partial charge in [0.2, 0.25) is 0 Å². The van der Waals surface area contributed by atoms with E-state index in [1.165, 1.54) is 327 Å². The molecule has 1 fully saturated rings. The molecule has 1 rings (SSSR count). The van der Waals surface area contributed by atoms with Crippen molar-refractivity contribution < 1.29 is 57.2 Å². The van der Waals surface area contributed by atoms with Crippen LogP contribution in [0.3, 0.4) is 0 Å². The van der Waals surface area contributed by atoms with Crippen molar-refractivity contribution in [1.82, 2.24) is 16.0 Å². The number of unbranched alkanes of at least 4 members (excludes halogenated alkanes) is 44. The predicted molar refractivity (Wildman–Crippen MR) is 460 cm³/mol. The summed E-state index contributed by atoms with van der Waals surface area (Å²) in [5.74, 6) is 2.20. The van der Waals surface area contributed by atoms with E-state index in [9.17, 15) is 28.8 Å². The first-order valence-corrected chi connectivity index (χ1v) is 47.3. The average Bonchev–Trinajstić information content (AvgIpc) is 0.878. The molecule has 644 valence electrons. The number of rotatable bonds is 81. The van der Waals surface area contributed by atoms with Crippen molar-refractivity contribution in [2.45, 2.75) is 477 Å². The maximum absolute atomic E-state index is 13.0. The molecule has 0 aliphatic heterocycles. The largest absolute Gasteiger partial charge is 0.466 e. The van der Waals surface area contributed by atoms with Crippen LogP contribution in [0.5, 0.6) is 0 Å².